The third-order valence-electron chi connectivity index (χ3n) is 7.75. The number of hydrazine groups is 1. The molecule has 0 saturated carbocycles. The zero-order valence-electron chi connectivity index (χ0n) is 25.6. The van der Waals surface area contributed by atoms with E-state index in [1.807, 2.05) is 38.2 Å². The molecule has 2 aliphatic rings. The number of nitrogens with zero attached hydrogens (tertiary/aromatic N) is 1. The van der Waals surface area contributed by atoms with Gasteiger partial charge in [-0.15, -0.1) is 0 Å². The third-order valence-corrected chi connectivity index (χ3v) is 7.75. The average Bonchev–Trinajstić information content (AvgIpc) is 2.99. The summed E-state index contributed by atoms with van der Waals surface area (Å²) in [5.41, 5.74) is 3.62. The van der Waals surface area contributed by atoms with Crippen LogP contribution in [0.2, 0.25) is 0 Å². The smallest absolute Gasteiger partial charge is 0.324 e. The number of fused-ring (bicyclic) bond motifs is 2. The van der Waals surface area contributed by atoms with Crippen molar-refractivity contribution in [3.8, 4) is 5.75 Å². The number of benzene rings is 1. The molecule has 11 heteroatoms. The quantitative estimate of drug-likeness (QED) is 0.387. The third kappa shape index (κ3) is 10.2. The maximum Gasteiger partial charge on any atom is 0.324 e. The molecule has 43 heavy (non-hydrogen) atoms. The lowest BCUT2D eigenvalue weighted by Gasteiger charge is -2.35. The molecule has 5 unspecified atom stereocenters. The van der Waals surface area contributed by atoms with Crippen molar-refractivity contribution in [3.05, 3.63) is 54.1 Å². The van der Waals surface area contributed by atoms with Crippen LogP contribution in [-0.4, -0.2) is 78.3 Å². The molecule has 2 bridgehead atoms. The number of allylic oxidation sites excluding steroid dienone is 3. The van der Waals surface area contributed by atoms with Gasteiger partial charge in [-0.25, -0.2) is 5.43 Å². The number of esters is 1. The average molecular weight is 599 g/mol. The van der Waals surface area contributed by atoms with Crippen LogP contribution in [0.25, 0.3) is 0 Å². The van der Waals surface area contributed by atoms with Crippen molar-refractivity contribution in [2.24, 2.45) is 11.8 Å². The number of methoxy groups -OCH3 is 1. The number of phenolic OH excluding ortho intramolecular Hbond substituents is 1. The van der Waals surface area contributed by atoms with Gasteiger partial charge in [0.25, 0.3) is 5.91 Å². The Bertz CT molecular complexity index is 1170. The number of ether oxygens (including phenoxy) is 2. The SMILES string of the molecule is COC1CCC=CC=CCCOC(=O)C2CCCN(N2)C(=O)C(Cc2cccc(O)c2)NC(=O)C(C(C)C)NC(=O)C1C. The molecular formula is C32H46N4O7. The van der Waals surface area contributed by atoms with Gasteiger partial charge < -0.3 is 25.2 Å². The summed E-state index contributed by atoms with van der Waals surface area (Å²) in [5.74, 6) is -2.47. The second kappa shape index (κ2) is 16.8. The molecule has 0 aliphatic carbocycles. The van der Waals surface area contributed by atoms with Crippen LogP contribution in [-0.2, 0) is 35.1 Å². The van der Waals surface area contributed by atoms with Gasteiger partial charge in [0.05, 0.1) is 18.6 Å². The molecule has 2 heterocycles. The number of hydrogen-bond acceptors (Lipinski definition) is 8. The van der Waals surface area contributed by atoms with Crippen LogP contribution in [0.3, 0.4) is 0 Å². The van der Waals surface area contributed by atoms with Crippen LogP contribution in [0.4, 0.5) is 0 Å². The maximum absolute atomic E-state index is 13.8. The number of cyclic esters (lactones) is 1. The van der Waals surface area contributed by atoms with Crippen molar-refractivity contribution in [3.63, 3.8) is 0 Å². The van der Waals surface area contributed by atoms with Crippen molar-refractivity contribution >= 4 is 23.7 Å². The summed E-state index contributed by atoms with van der Waals surface area (Å²) in [6, 6.07) is 3.82. The summed E-state index contributed by atoms with van der Waals surface area (Å²) in [4.78, 5) is 53.5. The second-order valence-electron chi connectivity index (χ2n) is 11.4. The predicted octanol–water partition coefficient (Wildman–Crippen LogP) is 2.55. The zero-order valence-corrected chi connectivity index (χ0v) is 25.6. The van der Waals surface area contributed by atoms with E-state index >= 15 is 0 Å². The number of phenols is 1. The fourth-order valence-corrected chi connectivity index (χ4v) is 5.18. The molecule has 4 N–H and O–H groups in total. The van der Waals surface area contributed by atoms with Gasteiger partial charge in [0.2, 0.25) is 11.8 Å². The molecule has 1 aromatic rings. The lowest BCUT2D eigenvalue weighted by Crippen LogP contribution is -2.62. The van der Waals surface area contributed by atoms with Gasteiger partial charge in [-0.2, -0.15) is 0 Å². The van der Waals surface area contributed by atoms with E-state index in [1.54, 1.807) is 26.2 Å². The van der Waals surface area contributed by atoms with Gasteiger partial charge in [0.15, 0.2) is 0 Å². The fourth-order valence-electron chi connectivity index (χ4n) is 5.18. The number of rotatable bonds is 4. The van der Waals surface area contributed by atoms with E-state index in [0.29, 0.717) is 44.2 Å². The van der Waals surface area contributed by atoms with Crippen molar-refractivity contribution in [1.82, 2.24) is 21.1 Å². The van der Waals surface area contributed by atoms with E-state index in [9.17, 15) is 24.3 Å². The van der Waals surface area contributed by atoms with E-state index in [4.69, 9.17) is 9.47 Å². The Morgan fingerprint density at radius 1 is 1.05 bits per heavy atom. The Labute approximate surface area is 254 Å². The highest BCUT2D eigenvalue weighted by Crippen LogP contribution is 2.18. The summed E-state index contributed by atoms with van der Waals surface area (Å²) in [5, 5.41) is 17.1. The largest absolute Gasteiger partial charge is 0.508 e. The highest BCUT2D eigenvalue weighted by atomic mass is 16.5. The molecule has 1 saturated heterocycles. The van der Waals surface area contributed by atoms with Crippen LogP contribution in [0.5, 0.6) is 5.75 Å². The monoisotopic (exact) mass is 598 g/mol. The minimum atomic E-state index is -1.03. The Morgan fingerprint density at radius 3 is 2.49 bits per heavy atom. The Hall–Kier alpha value is -3.70. The van der Waals surface area contributed by atoms with Gasteiger partial charge in [-0.1, -0.05) is 57.2 Å². The first-order chi connectivity index (χ1) is 20.6. The van der Waals surface area contributed by atoms with Crippen LogP contribution >= 0.6 is 0 Å². The lowest BCUT2D eigenvalue weighted by atomic mass is 9.96. The van der Waals surface area contributed by atoms with E-state index in [0.717, 1.165) is 0 Å². The van der Waals surface area contributed by atoms with Crippen molar-refractivity contribution in [2.45, 2.75) is 83.5 Å². The topological polar surface area (TPSA) is 146 Å². The number of amides is 3. The number of aromatic hydroxyl groups is 1. The van der Waals surface area contributed by atoms with Crippen LogP contribution in [0.15, 0.2) is 48.6 Å². The first-order valence-corrected chi connectivity index (χ1v) is 15.1. The van der Waals surface area contributed by atoms with Gasteiger partial charge in [-0.05, 0) is 55.7 Å². The molecule has 3 rings (SSSR count). The minimum absolute atomic E-state index is 0.0351. The lowest BCUT2D eigenvalue weighted by molar-refractivity contribution is -0.153. The number of carbonyl (C=O) groups is 4. The molecular weight excluding hydrogens is 552 g/mol. The zero-order chi connectivity index (χ0) is 31.4. The Morgan fingerprint density at radius 2 is 1.79 bits per heavy atom. The van der Waals surface area contributed by atoms with Crippen molar-refractivity contribution in [2.75, 3.05) is 20.3 Å². The predicted molar refractivity (Wildman–Crippen MR) is 161 cm³/mol. The number of nitrogens with one attached hydrogen (secondary N) is 3. The maximum atomic E-state index is 13.8. The molecule has 0 aromatic heterocycles. The van der Waals surface area contributed by atoms with Crippen molar-refractivity contribution < 1.29 is 33.8 Å². The molecule has 1 aromatic carbocycles. The number of hydrogen-bond donors (Lipinski definition) is 4. The minimum Gasteiger partial charge on any atom is -0.508 e. The summed E-state index contributed by atoms with van der Waals surface area (Å²) in [7, 11) is 1.56. The molecule has 1 fully saturated rings. The standard InChI is InChI=1S/C32H46N4O7/c1-21(2)28-30(39)33-26(20-23-13-11-14-24(37)19-23)31(40)36-17-12-15-25(35-36)32(41)43-18-10-8-6-5-7-9-16-27(42-4)22(3)29(38)34-28/h5-8,11,13-14,19,21-22,25-28,35,37H,9-10,12,15-18,20H2,1-4H3,(H,33,39)(H,34,38). The highest BCUT2D eigenvalue weighted by molar-refractivity contribution is 5.93. The van der Waals surface area contributed by atoms with Gasteiger partial charge >= 0.3 is 5.97 Å². The molecule has 2 aliphatic heterocycles. The molecule has 3 amide bonds. The molecule has 0 radical (unpaired) electrons. The summed E-state index contributed by atoms with van der Waals surface area (Å²) < 4.78 is 11.1. The molecule has 5 atom stereocenters. The van der Waals surface area contributed by atoms with E-state index in [1.165, 1.54) is 17.1 Å². The molecule has 236 valence electrons. The van der Waals surface area contributed by atoms with E-state index < -0.39 is 41.8 Å². The van der Waals surface area contributed by atoms with E-state index in [2.05, 4.69) is 16.1 Å². The Balaban J connectivity index is 1.90. The first kappa shape index (κ1) is 33.8. The summed E-state index contributed by atoms with van der Waals surface area (Å²) >= 11 is 0. The van der Waals surface area contributed by atoms with Crippen molar-refractivity contribution in [1.29, 1.82) is 0 Å². The van der Waals surface area contributed by atoms with Crippen LogP contribution in [0.1, 0.15) is 58.4 Å². The number of carbonyl (C=O) groups excluding carboxylic acids is 4. The highest BCUT2D eigenvalue weighted by Gasteiger charge is 2.36. The van der Waals surface area contributed by atoms with Gasteiger partial charge in [0, 0.05) is 20.1 Å². The van der Waals surface area contributed by atoms with Gasteiger partial charge in [-0.3, -0.25) is 24.2 Å². The second-order valence-corrected chi connectivity index (χ2v) is 11.4. The van der Waals surface area contributed by atoms with Gasteiger partial charge in [0.1, 0.15) is 23.9 Å². The fraction of sp³-hybridized carbons (Fsp3) is 0.562. The normalized spacial score (nSPS) is 27.1. The summed E-state index contributed by atoms with van der Waals surface area (Å²) in [6.07, 6.45) is 10.3. The van der Waals surface area contributed by atoms with Crippen LogP contribution < -0.4 is 16.1 Å². The first-order valence-electron chi connectivity index (χ1n) is 15.1. The van der Waals surface area contributed by atoms with Crippen LogP contribution in [0, 0.1) is 11.8 Å². The van der Waals surface area contributed by atoms with E-state index in [-0.39, 0.29) is 36.7 Å². The Kier molecular flexibility index (Phi) is 13.2. The molecule has 11 nitrogen and oxygen atoms in total. The summed E-state index contributed by atoms with van der Waals surface area (Å²) in [6.45, 7) is 5.96. The molecule has 0 spiro atoms.